The third kappa shape index (κ3) is 10.4. The Morgan fingerprint density at radius 3 is 2.10 bits per heavy atom. The number of fused-ring (bicyclic) bond motifs is 1. The van der Waals surface area contributed by atoms with Gasteiger partial charge in [0.1, 0.15) is 18.1 Å². The van der Waals surface area contributed by atoms with E-state index in [9.17, 15) is 36.4 Å². The lowest BCUT2D eigenvalue weighted by Gasteiger charge is -2.39. The highest BCUT2D eigenvalue weighted by Gasteiger charge is 2.70. The van der Waals surface area contributed by atoms with Gasteiger partial charge < -0.3 is 25.8 Å². The second kappa shape index (κ2) is 15.7. The average Bonchev–Trinajstić information content (AvgIpc) is 3.31. The van der Waals surface area contributed by atoms with E-state index in [-0.39, 0.29) is 43.4 Å². The number of halogens is 2. The second-order valence-corrected chi connectivity index (χ2v) is 18.8. The Bertz CT molecular complexity index is 1530. The quantitative estimate of drug-likeness (QED) is 0.264. The number of likely N-dealkylation sites (tertiary alicyclic amines) is 1. The van der Waals surface area contributed by atoms with Crippen molar-refractivity contribution in [2.75, 3.05) is 32.9 Å². The molecule has 3 N–H and O–H groups in total. The predicted molar refractivity (Wildman–Crippen MR) is 190 cm³/mol. The van der Waals surface area contributed by atoms with E-state index in [0.717, 1.165) is 16.1 Å². The second-order valence-electron chi connectivity index (χ2n) is 16.7. The zero-order valence-corrected chi connectivity index (χ0v) is 32.6. The number of hydrogen-bond donors (Lipinski definition) is 3. The summed E-state index contributed by atoms with van der Waals surface area (Å²) in [6.07, 6.45) is 0.424. The Balaban J connectivity index is 1.86. The van der Waals surface area contributed by atoms with Crippen molar-refractivity contribution >= 4 is 33.8 Å². The van der Waals surface area contributed by atoms with E-state index in [1.165, 1.54) is 16.8 Å². The van der Waals surface area contributed by atoms with Crippen LogP contribution in [0.25, 0.3) is 0 Å². The summed E-state index contributed by atoms with van der Waals surface area (Å²) in [5.74, 6) is -2.22. The lowest BCUT2D eigenvalue weighted by molar-refractivity contribution is -0.145. The third-order valence-corrected chi connectivity index (χ3v) is 11.6. The zero-order chi connectivity index (χ0) is 38.9. The van der Waals surface area contributed by atoms with E-state index in [4.69, 9.17) is 0 Å². The van der Waals surface area contributed by atoms with Crippen LogP contribution in [-0.4, -0.2) is 115 Å². The number of rotatable bonds is 14. The molecule has 2 heterocycles. The highest BCUT2D eigenvalue weighted by atomic mass is 32.2. The highest BCUT2D eigenvalue weighted by molar-refractivity contribution is 7.88. The van der Waals surface area contributed by atoms with E-state index in [2.05, 4.69) is 20.9 Å². The van der Waals surface area contributed by atoms with Gasteiger partial charge in [-0.2, -0.15) is 0 Å². The molecule has 3 rings (SSSR count). The van der Waals surface area contributed by atoms with Crippen molar-refractivity contribution in [2.45, 2.75) is 106 Å². The van der Waals surface area contributed by atoms with Crippen molar-refractivity contribution in [1.82, 2.24) is 35.0 Å². The first kappa shape index (κ1) is 42.0. The molecule has 1 aliphatic heterocycles. The largest absolute Gasteiger partial charge is 0.342 e. The van der Waals surface area contributed by atoms with Crippen LogP contribution in [0.3, 0.4) is 0 Å². The van der Waals surface area contributed by atoms with Crippen LogP contribution in [-0.2, 0) is 31.0 Å². The Labute approximate surface area is 301 Å². The molecule has 0 unspecified atom stereocenters. The van der Waals surface area contributed by atoms with E-state index in [1.807, 2.05) is 34.6 Å². The molecule has 0 aromatic carbocycles. The summed E-state index contributed by atoms with van der Waals surface area (Å²) in [5, 5.41) is 8.22. The summed E-state index contributed by atoms with van der Waals surface area (Å²) in [5.41, 5.74) is -0.953. The molecule has 6 atom stereocenters. The van der Waals surface area contributed by atoms with Crippen LogP contribution < -0.4 is 16.0 Å². The van der Waals surface area contributed by atoms with Crippen LogP contribution in [0.2, 0.25) is 0 Å². The van der Waals surface area contributed by atoms with Crippen LogP contribution in [0.5, 0.6) is 0 Å². The lowest BCUT2D eigenvalue weighted by atomic mass is 9.85. The molecule has 16 heteroatoms. The first-order chi connectivity index (χ1) is 23.3. The summed E-state index contributed by atoms with van der Waals surface area (Å²) in [6, 6.07) is -1.59. The minimum Gasteiger partial charge on any atom is -0.342 e. The Morgan fingerprint density at radius 1 is 1.02 bits per heavy atom. The van der Waals surface area contributed by atoms with Crippen molar-refractivity contribution in [1.29, 1.82) is 0 Å². The van der Waals surface area contributed by atoms with Gasteiger partial charge in [-0.05, 0) is 52.7 Å². The van der Waals surface area contributed by atoms with E-state index in [0.29, 0.717) is 0 Å². The number of piperidine rings is 1. The van der Waals surface area contributed by atoms with Crippen molar-refractivity contribution < 1.29 is 36.4 Å². The summed E-state index contributed by atoms with van der Waals surface area (Å²) in [4.78, 5) is 62.4. The predicted octanol–water partition coefficient (Wildman–Crippen LogP) is 3.07. The monoisotopic (exact) mass is 741 g/mol. The zero-order valence-electron chi connectivity index (χ0n) is 31.8. The van der Waals surface area contributed by atoms with E-state index >= 15 is 0 Å². The molecule has 1 saturated heterocycles. The number of sulfonamides is 1. The van der Waals surface area contributed by atoms with Crippen LogP contribution in [0, 0.1) is 28.1 Å². The summed E-state index contributed by atoms with van der Waals surface area (Å²) in [7, 11) is -2.12. The van der Waals surface area contributed by atoms with Crippen molar-refractivity contribution in [3.05, 3.63) is 30.1 Å². The van der Waals surface area contributed by atoms with Crippen molar-refractivity contribution in [2.24, 2.45) is 28.1 Å². The van der Waals surface area contributed by atoms with Gasteiger partial charge in [-0.1, -0.05) is 55.4 Å². The summed E-state index contributed by atoms with van der Waals surface area (Å²) in [6.45, 7) is 17.1. The number of carbonyl (C=O) groups excluding carboxylic acids is 4. The summed E-state index contributed by atoms with van der Waals surface area (Å²) < 4.78 is 53.1. The van der Waals surface area contributed by atoms with Gasteiger partial charge in [0.15, 0.2) is 0 Å². The maximum absolute atomic E-state index is 14.4. The molecule has 1 saturated carbocycles. The van der Waals surface area contributed by atoms with Crippen LogP contribution >= 0.6 is 0 Å². The molecule has 5 amide bonds. The number of nitrogens with zero attached hydrogens (tertiary/aromatic N) is 4. The Morgan fingerprint density at radius 2 is 1.61 bits per heavy atom. The Kier molecular flexibility index (Phi) is 12.9. The molecule has 1 aromatic heterocycles. The highest BCUT2D eigenvalue weighted by Crippen LogP contribution is 2.65. The molecule has 2 aliphatic rings. The SMILES string of the molecule is CCN(Cc1ccncc1)C(=O)[C@H](CC(F)F)NC(=O)[C@@H]1[C@@H]2[C@H](CN1C(=O)[C@@H](NC(=O)N[C@H](CN(C)S(C)(=O)=O)C(C)(C)C)C(C)(C)C)C2(C)C. The number of pyridine rings is 1. The standard InChI is InChI=1S/C35H57F2N7O6S/c1-12-43(18-21-13-15-38-16-14-21)30(46)23(17-25(36)37)39-29(45)27-26-22(35(26,8)9)19-44(27)31(47)28(34(5,6)7)41-32(48)40-24(33(2,3)4)20-42(10)51(11,49)50/h13-16,22-28H,12,17-20H2,1-11H3,(H,39,45)(H2,40,41,48)/t22-,23-,24+,26-,27-,28+/m0/s1. The molecule has 51 heavy (non-hydrogen) atoms. The molecule has 13 nitrogen and oxygen atoms in total. The number of carbonyl (C=O) groups is 4. The normalized spacial score (nSPS) is 21.8. The van der Waals surface area contributed by atoms with Gasteiger partial charge in [0.05, 0.1) is 6.26 Å². The summed E-state index contributed by atoms with van der Waals surface area (Å²) >= 11 is 0. The number of urea groups is 1. The number of amides is 5. The fraction of sp³-hybridized carbons (Fsp3) is 0.743. The first-order valence-corrected chi connectivity index (χ1v) is 19.2. The maximum atomic E-state index is 14.4. The topological polar surface area (TPSA) is 161 Å². The van der Waals surface area contributed by atoms with Gasteiger partial charge in [0.2, 0.25) is 34.2 Å². The molecule has 1 aromatic rings. The maximum Gasteiger partial charge on any atom is 0.315 e. The number of alkyl halides is 2. The smallest absolute Gasteiger partial charge is 0.315 e. The molecular formula is C35H57F2N7O6S. The van der Waals surface area contributed by atoms with E-state index < -0.39 is 81.6 Å². The minimum absolute atomic E-state index is 0.00673. The molecule has 1 aliphatic carbocycles. The van der Waals surface area contributed by atoms with E-state index in [1.54, 1.807) is 52.2 Å². The Hall–Kier alpha value is -3.40. The van der Waals surface area contributed by atoms with Gasteiger partial charge in [-0.3, -0.25) is 19.4 Å². The third-order valence-electron chi connectivity index (χ3n) is 10.3. The molecule has 0 spiro atoms. The van der Waals surface area contributed by atoms with Crippen molar-refractivity contribution in [3.63, 3.8) is 0 Å². The van der Waals surface area contributed by atoms with Crippen LogP contribution in [0.1, 0.15) is 74.3 Å². The van der Waals surface area contributed by atoms with Crippen molar-refractivity contribution in [3.8, 4) is 0 Å². The van der Waals surface area contributed by atoms with Gasteiger partial charge in [-0.25, -0.2) is 26.3 Å². The van der Waals surface area contributed by atoms with Gasteiger partial charge in [0, 0.05) is 58.1 Å². The number of aromatic nitrogens is 1. The molecular weight excluding hydrogens is 684 g/mol. The minimum atomic E-state index is -3.54. The number of likely N-dealkylation sites (N-methyl/N-ethyl adjacent to an activating group) is 2. The first-order valence-electron chi connectivity index (χ1n) is 17.4. The molecule has 0 radical (unpaired) electrons. The van der Waals surface area contributed by atoms with Gasteiger partial charge in [0.25, 0.3) is 0 Å². The average molecular weight is 742 g/mol. The lowest BCUT2D eigenvalue weighted by Crippen LogP contribution is -2.63. The molecule has 2 fully saturated rings. The molecule has 288 valence electrons. The van der Waals surface area contributed by atoms with Crippen LogP contribution in [0.15, 0.2) is 24.5 Å². The van der Waals surface area contributed by atoms with Gasteiger partial charge in [-0.15, -0.1) is 0 Å². The van der Waals surface area contributed by atoms with Gasteiger partial charge >= 0.3 is 6.03 Å². The number of nitrogens with one attached hydrogen (secondary N) is 3. The van der Waals surface area contributed by atoms with Crippen LogP contribution in [0.4, 0.5) is 13.6 Å². The fourth-order valence-corrected chi connectivity index (χ4v) is 7.24. The molecule has 0 bridgehead atoms. The number of hydrogen-bond acceptors (Lipinski definition) is 7. The fourth-order valence-electron chi connectivity index (χ4n) is 6.82.